The summed E-state index contributed by atoms with van der Waals surface area (Å²) >= 11 is 4.64. The smallest absolute Gasteiger partial charge is 0.350 e. The lowest BCUT2D eigenvalue weighted by atomic mass is 10.1. The normalized spacial score (nSPS) is 10.6. The third-order valence-corrected chi connectivity index (χ3v) is 4.91. The molecule has 0 spiro atoms. The Morgan fingerprint density at radius 1 is 1.12 bits per heavy atom. The van der Waals surface area contributed by atoms with Crippen molar-refractivity contribution in [2.75, 3.05) is 6.61 Å². The standard InChI is InChI=1S/C18H13BrFNO2S/c1-2-23-18(22)16-15(11-3-7-13(19)8-4-11)21-17(24-16)12-5-9-14(20)10-6-12/h3-10H,2H2,1H3. The summed E-state index contributed by atoms with van der Waals surface area (Å²) < 4.78 is 19.2. The quantitative estimate of drug-likeness (QED) is 0.533. The minimum atomic E-state index is -0.402. The van der Waals surface area contributed by atoms with E-state index in [1.807, 2.05) is 24.3 Å². The van der Waals surface area contributed by atoms with E-state index in [1.165, 1.54) is 23.5 Å². The molecular formula is C18H13BrFNO2S. The molecule has 0 amide bonds. The summed E-state index contributed by atoms with van der Waals surface area (Å²) in [5.74, 6) is -0.713. The molecule has 0 saturated carbocycles. The third kappa shape index (κ3) is 3.55. The average Bonchev–Trinajstić information content (AvgIpc) is 3.02. The van der Waals surface area contributed by atoms with Gasteiger partial charge in [0.1, 0.15) is 15.7 Å². The number of benzene rings is 2. The first-order chi connectivity index (χ1) is 11.6. The molecule has 1 heterocycles. The van der Waals surface area contributed by atoms with Gasteiger partial charge in [-0.05, 0) is 43.3 Å². The van der Waals surface area contributed by atoms with E-state index in [2.05, 4.69) is 20.9 Å². The number of halogens is 2. The number of thiazole rings is 1. The van der Waals surface area contributed by atoms with E-state index in [4.69, 9.17) is 4.74 Å². The number of carbonyl (C=O) groups is 1. The zero-order valence-electron chi connectivity index (χ0n) is 12.8. The number of carbonyl (C=O) groups excluding carboxylic acids is 1. The minimum Gasteiger partial charge on any atom is -0.462 e. The Balaban J connectivity index is 2.10. The maximum Gasteiger partial charge on any atom is 0.350 e. The van der Waals surface area contributed by atoms with Crippen molar-refractivity contribution in [2.45, 2.75) is 6.92 Å². The van der Waals surface area contributed by atoms with Gasteiger partial charge < -0.3 is 4.74 Å². The molecule has 0 aliphatic carbocycles. The molecule has 3 rings (SSSR count). The van der Waals surface area contributed by atoms with Crippen molar-refractivity contribution in [1.29, 1.82) is 0 Å². The fraction of sp³-hybridized carbons (Fsp3) is 0.111. The number of hydrogen-bond acceptors (Lipinski definition) is 4. The Morgan fingerprint density at radius 2 is 1.75 bits per heavy atom. The van der Waals surface area contributed by atoms with Gasteiger partial charge in [0, 0.05) is 15.6 Å². The van der Waals surface area contributed by atoms with Crippen molar-refractivity contribution in [2.24, 2.45) is 0 Å². The zero-order chi connectivity index (χ0) is 17.1. The highest BCUT2D eigenvalue weighted by atomic mass is 79.9. The highest BCUT2D eigenvalue weighted by Gasteiger charge is 2.21. The molecular weight excluding hydrogens is 393 g/mol. The van der Waals surface area contributed by atoms with Gasteiger partial charge in [-0.3, -0.25) is 0 Å². The number of hydrogen-bond donors (Lipinski definition) is 0. The summed E-state index contributed by atoms with van der Waals surface area (Å²) in [6.07, 6.45) is 0. The van der Waals surface area contributed by atoms with E-state index < -0.39 is 5.97 Å². The monoisotopic (exact) mass is 405 g/mol. The molecule has 122 valence electrons. The minimum absolute atomic E-state index is 0.294. The molecule has 0 aliphatic heterocycles. The van der Waals surface area contributed by atoms with Crippen molar-refractivity contribution >= 4 is 33.2 Å². The Kier molecular flexibility index (Phi) is 5.06. The van der Waals surface area contributed by atoms with E-state index in [9.17, 15) is 9.18 Å². The van der Waals surface area contributed by atoms with Crippen LogP contribution in [0.15, 0.2) is 53.0 Å². The molecule has 0 atom stereocenters. The van der Waals surface area contributed by atoms with Crippen molar-refractivity contribution < 1.29 is 13.9 Å². The molecule has 0 bridgehead atoms. The van der Waals surface area contributed by atoms with Gasteiger partial charge in [-0.2, -0.15) is 0 Å². The highest BCUT2D eigenvalue weighted by Crippen LogP contribution is 2.35. The largest absolute Gasteiger partial charge is 0.462 e. The molecule has 6 heteroatoms. The number of aromatic nitrogens is 1. The second kappa shape index (κ2) is 7.23. The molecule has 2 aromatic carbocycles. The summed E-state index contributed by atoms with van der Waals surface area (Å²) in [6.45, 7) is 2.06. The van der Waals surface area contributed by atoms with E-state index in [0.29, 0.717) is 22.2 Å². The van der Waals surface area contributed by atoms with Crippen LogP contribution in [0.3, 0.4) is 0 Å². The van der Waals surface area contributed by atoms with Gasteiger partial charge in [0.25, 0.3) is 0 Å². The molecule has 0 N–H and O–H groups in total. The van der Waals surface area contributed by atoms with Crippen LogP contribution in [0, 0.1) is 5.82 Å². The summed E-state index contributed by atoms with van der Waals surface area (Å²) in [7, 11) is 0. The predicted octanol–water partition coefficient (Wildman–Crippen LogP) is 5.56. The number of ether oxygens (including phenoxy) is 1. The lowest BCUT2D eigenvalue weighted by Crippen LogP contribution is -2.03. The van der Waals surface area contributed by atoms with Gasteiger partial charge in [0.2, 0.25) is 0 Å². The predicted molar refractivity (Wildman–Crippen MR) is 96.6 cm³/mol. The first kappa shape index (κ1) is 16.8. The van der Waals surface area contributed by atoms with Crippen LogP contribution in [0.1, 0.15) is 16.6 Å². The second-order valence-corrected chi connectivity index (χ2v) is 6.85. The van der Waals surface area contributed by atoms with Gasteiger partial charge in [-0.1, -0.05) is 28.1 Å². The van der Waals surface area contributed by atoms with Gasteiger partial charge in [-0.25, -0.2) is 14.2 Å². The molecule has 1 aromatic heterocycles. The van der Waals surface area contributed by atoms with E-state index in [-0.39, 0.29) is 5.82 Å². The van der Waals surface area contributed by atoms with Crippen LogP contribution < -0.4 is 0 Å². The SMILES string of the molecule is CCOC(=O)c1sc(-c2ccc(F)cc2)nc1-c1ccc(Br)cc1. The topological polar surface area (TPSA) is 39.2 Å². The summed E-state index contributed by atoms with van der Waals surface area (Å²) in [4.78, 5) is 17.3. The average molecular weight is 406 g/mol. The number of esters is 1. The fourth-order valence-corrected chi connectivity index (χ4v) is 3.43. The van der Waals surface area contributed by atoms with Crippen LogP contribution >= 0.6 is 27.3 Å². The molecule has 0 aliphatic rings. The van der Waals surface area contributed by atoms with E-state index in [1.54, 1.807) is 19.1 Å². The molecule has 0 unspecified atom stereocenters. The molecule has 0 saturated heterocycles. The van der Waals surface area contributed by atoms with Crippen LogP contribution in [0.4, 0.5) is 4.39 Å². The third-order valence-electron chi connectivity index (χ3n) is 3.30. The first-order valence-corrected chi connectivity index (χ1v) is 8.89. The van der Waals surface area contributed by atoms with Crippen molar-refractivity contribution in [1.82, 2.24) is 4.98 Å². The lowest BCUT2D eigenvalue weighted by Gasteiger charge is -2.02. The van der Waals surface area contributed by atoms with Crippen molar-refractivity contribution in [3.05, 3.63) is 63.7 Å². The van der Waals surface area contributed by atoms with Crippen LogP contribution in [0.25, 0.3) is 21.8 Å². The maximum absolute atomic E-state index is 13.1. The number of rotatable bonds is 4. The van der Waals surface area contributed by atoms with Crippen LogP contribution in [-0.4, -0.2) is 17.6 Å². The van der Waals surface area contributed by atoms with Crippen LogP contribution in [-0.2, 0) is 4.74 Å². The molecule has 24 heavy (non-hydrogen) atoms. The van der Waals surface area contributed by atoms with E-state index in [0.717, 1.165) is 15.6 Å². The summed E-state index contributed by atoms with van der Waals surface area (Å²) in [6, 6.07) is 13.6. The van der Waals surface area contributed by atoms with Crippen LogP contribution in [0.2, 0.25) is 0 Å². The van der Waals surface area contributed by atoms with Crippen molar-refractivity contribution in [3.63, 3.8) is 0 Å². The second-order valence-electron chi connectivity index (χ2n) is 4.93. The molecule has 3 nitrogen and oxygen atoms in total. The summed E-state index contributed by atoms with van der Waals surface area (Å²) in [5, 5.41) is 0.649. The maximum atomic E-state index is 13.1. The Labute approximate surface area is 151 Å². The number of nitrogens with zero attached hydrogens (tertiary/aromatic N) is 1. The molecule has 0 radical (unpaired) electrons. The first-order valence-electron chi connectivity index (χ1n) is 7.28. The van der Waals surface area contributed by atoms with Gasteiger partial charge in [0.05, 0.1) is 12.3 Å². The molecule has 0 fully saturated rings. The Morgan fingerprint density at radius 3 is 2.38 bits per heavy atom. The van der Waals surface area contributed by atoms with Crippen molar-refractivity contribution in [3.8, 4) is 21.8 Å². The van der Waals surface area contributed by atoms with Gasteiger partial charge in [-0.15, -0.1) is 11.3 Å². The van der Waals surface area contributed by atoms with Gasteiger partial charge in [0.15, 0.2) is 0 Å². The van der Waals surface area contributed by atoms with Gasteiger partial charge >= 0.3 is 5.97 Å². The Hall–Kier alpha value is -2.05. The zero-order valence-corrected chi connectivity index (χ0v) is 15.2. The molecule has 3 aromatic rings. The highest BCUT2D eigenvalue weighted by molar-refractivity contribution is 9.10. The lowest BCUT2D eigenvalue weighted by molar-refractivity contribution is 0.0532. The fourth-order valence-electron chi connectivity index (χ4n) is 2.17. The Bertz CT molecular complexity index is 860. The van der Waals surface area contributed by atoms with Crippen LogP contribution in [0.5, 0.6) is 0 Å². The van der Waals surface area contributed by atoms with E-state index >= 15 is 0 Å². The summed E-state index contributed by atoms with van der Waals surface area (Å²) in [5.41, 5.74) is 2.16.